The molecule has 20 heavy (non-hydrogen) atoms. The van der Waals surface area contributed by atoms with Gasteiger partial charge in [0.1, 0.15) is 10.7 Å². The van der Waals surface area contributed by atoms with Crippen molar-refractivity contribution in [3.63, 3.8) is 0 Å². The molecule has 3 N–H and O–H groups in total. The molecular weight excluding hydrogens is 287 g/mol. The summed E-state index contributed by atoms with van der Waals surface area (Å²) in [5.74, 6) is -1.36. The van der Waals surface area contributed by atoms with Crippen molar-refractivity contribution in [2.24, 2.45) is 0 Å². The van der Waals surface area contributed by atoms with Crippen molar-refractivity contribution in [3.05, 3.63) is 24.0 Å². The minimum atomic E-state index is -4.06. The number of sulfonamides is 1. The molecule has 0 aliphatic heterocycles. The maximum atomic E-state index is 13.8. The molecule has 0 fully saturated rings. The molecule has 0 saturated carbocycles. The number of hydrogen-bond donors (Lipinski definition) is 3. The van der Waals surface area contributed by atoms with Gasteiger partial charge in [-0.1, -0.05) is 6.92 Å². The monoisotopic (exact) mass is 304 g/mol. The molecule has 6 nitrogen and oxygen atoms in total. The largest absolute Gasteiger partial charge is 0.395 e. The molecule has 0 spiro atoms. The maximum Gasteiger partial charge on any atom is 0.243 e. The summed E-state index contributed by atoms with van der Waals surface area (Å²) in [6.45, 7) is 2.58. The molecule has 112 valence electrons. The van der Waals surface area contributed by atoms with Crippen LogP contribution in [0.3, 0.4) is 0 Å². The SMILES string of the molecule is CC[C@H](CO)NS(=O)(=O)c1ccc(NC(C)=O)cc1F. The summed E-state index contributed by atoms with van der Waals surface area (Å²) in [7, 11) is -4.06. The van der Waals surface area contributed by atoms with E-state index in [2.05, 4.69) is 10.0 Å². The number of aliphatic hydroxyl groups is 1. The van der Waals surface area contributed by atoms with Gasteiger partial charge < -0.3 is 10.4 Å². The molecule has 0 saturated heterocycles. The quantitative estimate of drug-likeness (QED) is 0.725. The number of amides is 1. The van der Waals surface area contributed by atoms with Gasteiger partial charge in [0.05, 0.1) is 6.61 Å². The second-order valence-corrected chi connectivity index (χ2v) is 5.92. The maximum absolute atomic E-state index is 13.8. The van der Waals surface area contributed by atoms with Gasteiger partial charge >= 0.3 is 0 Å². The Labute approximate surface area is 117 Å². The summed E-state index contributed by atoms with van der Waals surface area (Å²) in [6, 6.07) is 2.61. The molecule has 1 atom stereocenters. The Morgan fingerprint density at radius 3 is 2.55 bits per heavy atom. The molecule has 0 bridgehead atoms. The fourth-order valence-corrected chi connectivity index (χ4v) is 2.90. The topological polar surface area (TPSA) is 95.5 Å². The van der Waals surface area contributed by atoms with Crippen molar-refractivity contribution in [1.29, 1.82) is 0 Å². The Kier molecular flexibility index (Phi) is 5.61. The minimum absolute atomic E-state index is 0.170. The highest BCUT2D eigenvalue weighted by Crippen LogP contribution is 2.19. The Bertz CT molecular complexity index is 585. The van der Waals surface area contributed by atoms with E-state index in [1.54, 1.807) is 6.92 Å². The Morgan fingerprint density at radius 1 is 1.45 bits per heavy atom. The molecule has 0 aliphatic rings. The number of halogens is 1. The van der Waals surface area contributed by atoms with Crippen molar-refractivity contribution in [2.75, 3.05) is 11.9 Å². The second-order valence-electron chi connectivity index (χ2n) is 4.24. The average molecular weight is 304 g/mol. The minimum Gasteiger partial charge on any atom is -0.395 e. The van der Waals surface area contributed by atoms with Crippen LogP contribution in [0.2, 0.25) is 0 Å². The van der Waals surface area contributed by atoms with Crippen LogP contribution in [0.1, 0.15) is 20.3 Å². The lowest BCUT2D eigenvalue weighted by atomic mass is 10.3. The van der Waals surface area contributed by atoms with Crippen molar-refractivity contribution >= 4 is 21.6 Å². The van der Waals surface area contributed by atoms with E-state index in [0.717, 1.165) is 12.1 Å². The molecule has 0 radical (unpaired) electrons. The number of hydrogen-bond acceptors (Lipinski definition) is 4. The van der Waals surface area contributed by atoms with Crippen molar-refractivity contribution < 1.29 is 22.7 Å². The van der Waals surface area contributed by atoms with E-state index in [1.807, 2.05) is 0 Å². The number of carbonyl (C=O) groups is 1. The van der Waals surface area contributed by atoms with E-state index in [0.29, 0.717) is 6.42 Å². The summed E-state index contributed by atoms with van der Waals surface area (Å²) in [5, 5.41) is 11.3. The van der Waals surface area contributed by atoms with Crippen LogP contribution in [-0.2, 0) is 14.8 Å². The van der Waals surface area contributed by atoms with Crippen LogP contribution in [0.15, 0.2) is 23.1 Å². The normalized spacial score (nSPS) is 13.0. The predicted octanol–water partition coefficient (Wildman–Crippen LogP) is 0.833. The van der Waals surface area contributed by atoms with Gasteiger partial charge in [-0.25, -0.2) is 17.5 Å². The van der Waals surface area contributed by atoms with Gasteiger partial charge in [-0.2, -0.15) is 0 Å². The number of carbonyl (C=O) groups excluding carboxylic acids is 1. The standard InChI is InChI=1S/C12H17FN2O4S/c1-3-9(7-16)15-20(18,19)12-5-4-10(6-11(12)13)14-8(2)17/h4-6,9,15-16H,3,7H2,1-2H3,(H,14,17)/t9-/m1/s1. The third-order valence-electron chi connectivity index (χ3n) is 2.58. The summed E-state index contributed by atoms with van der Waals surface area (Å²) in [6.07, 6.45) is 0.376. The van der Waals surface area contributed by atoms with Crippen LogP contribution in [0.4, 0.5) is 10.1 Å². The lowest BCUT2D eigenvalue weighted by Crippen LogP contribution is -2.37. The van der Waals surface area contributed by atoms with Crippen molar-refractivity contribution in [2.45, 2.75) is 31.2 Å². The molecule has 0 heterocycles. The molecular formula is C12H17FN2O4S. The van der Waals surface area contributed by atoms with Crippen LogP contribution < -0.4 is 10.0 Å². The first-order valence-electron chi connectivity index (χ1n) is 6.00. The number of aliphatic hydroxyl groups excluding tert-OH is 1. The highest BCUT2D eigenvalue weighted by atomic mass is 32.2. The summed E-state index contributed by atoms with van der Waals surface area (Å²) >= 11 is 0. The van der Waals surface area contributed by atoms with Gasteiger partial charge in [0.25, 0.3) is 0 Å². The molecule has 0 unspecified atom stereocenters. The van der Waals surface area contributed by atoms with Gasteiger partial charge in [0.15, 0.2) is 0 Å². The van der Waals surface area contributed by atoms with Crippen molar-refractivity contribution in [3.8, 4) is 0 Å². The fourth-order valence-electron chi connectivity index (χ4n) is 1.53. The molecule has 1 aromatic carbocycles. The van der Waals surface area contributed by atoms with Gasteiger partial charge in [-0.3, -0.25) is 4.79 Å². The molecule has 1 rings (SSSR count). The Balaban J connectivity index is 3.04. The Morgan fingerprint density at radius 2 is 2.10 bits per heavy atom. The number of anilines is 1. The highest BCUT2D eigenvalue weighted by molar-refractivity contribution is 7.89. The van der Waals surface area contributed by atoms with E-state index in [9.17, 15) is 17.6 Å². The lowest BCUT2D eigenvalue weighted by Gasteiger charge is -2.15. The predicted molar refractivity (Wildman–Crippen MR) is 72.2 cm³/mol. The zero-order valence-electron chi connectivity index (χ0n) is 11.2. The van der Waals surface area contributed by atoms with Gasteiger partial charge in [0, 0.05) is 18.7 Å². The molecule has 8 heteroatoms. The van der Waals surface area contributed by atoms with E-state index < -0.39 is 26.8 Å². The summed E-state index contributed by atoms with van der Waals surface area (Å²) < 4.78 is 40.0. The number of rotatable bonds is 6. The first-order chi connectivity index (χ1) is 9.30. The van der Waals surface area contributed by atoms with E-state index in [-0.39, 0.29) is 18.2 Å². The van der Waals surface area contributed by atoms with Gasteiger partial charge in [0.2, 0.25) is 15.9 Å². The van der Waals surface area contributed by atoms with Crippen molar-refractivity contribution in [1.82, 2.24) is 4.72 Å². The average Bonchev–Trinajstić information content (AvgIpc) is 2.34. The molecule has 0 aromatic heterocycles. The highest BCUT2D eigenvalue weighted by Gasteiger charge is 2.22. The first kappa shape index (κ1) is 16.5. The Hall–Kier alpha value is -1.51. The summed E-state index contributed by atoms with van der Waals surface area (Å²) in [5.41, 5.74) is 0.170. The molecule has 0 aliphatic carbocycles. The van der Waals surface area contributed by atoms with Crippen LogP contribution in [0.25, 0.3) is 0 Å². The van der Waals surface area contributed by atoms with E-state index in [1.165, 1.54) is 13.0 Å². The third-order valence-corrected chi connectivity index (χ3v) is 4.13. The molecule has 1 aromatic rings. The zero-order valence-corrected chi connectivity index (χ0v) is 12.0. The van der Waals surface area contributed by atoms with Crippen LogP contribution in [-0.4, -0.2) is 32.1 Å². The zero-order chi connectivity index (χ0) is 15.3. The van der Waals surface area contributed by atoms with Crippen LogP contribution in [0, 0.1) is 5.82 Å². The number of benzene rings is 1. The van der Waals surface area contributed by atoms with Crippen LogP contribution in [0.5, 0.6) is 0 Å². The lowest BCUT2D eigenvalue weighted by molar-refractivity contribution is -0.114. The van der Waals surface area contributed by atoms with E-state index >= 15 is 0 Å². The first-order valence-corrected chi connectivity index (χ1v) is 7.48. The van der Waals surface area contributed by atoms with Gasteiger partial charge in [-0.15, -0.1) is 0 Å². The third kappa shape index (κ3) is 4.26. The fraction of sp³-hybridized carbons (Fsp3) is 0.417. The van der Waals surface area contributed by atoms with Gasteiger partial charge in [-0.05, 0) is 24.6 Å². The number of nitrogens with one attached hydrogen (secondary N) is 2. The molecule has 1 amide bonds. The van der Waals surface area contributed by atoms with E-state index in [4.69, 9.17) is 5.11 Å². The second kappa shape index (κ2) is 6.78. The smallest absolute Gasteiger partial charge is 0.243 e. The summed E-state index contributed by atoms with van der Waals surface area (Å²) in [4.78, 5) is 10.3. The van der Waals surface area contributed by atoms with Crippen LogP contribution >= 0.6 is 0 Å².